The van der Waals surface area contributed by atoms with Crippen LogP contribution in [-0.2, 0) is 30.7 Å². The molecule has 2 heterocycles. The first-order valence-electron chi connectivity index (χ1n) is 9.99. The number of aromatic nitrogens is 4. The van der Waals surface area contributed by atoms with Gasteiger partial charge < -0.3 is 15.6 Å². The van der Waals surface area contributed by atoms with E-state index in [-0.39, 0.29) is 30.9 Å². The number of amides is 1. The standard InChI is InChI=1S/C21H26N6O2.ClH/c1-14-9-17(26-29-14)12-23-20(28)13-27-21(24-19(25-27)11-16-7-8-16)18(22)10-15-5-3-2-4-6-15;/h2-6,9,16,18H,7-8,10-13,22H2,1H3,(H,23,28);1H/t18-;/m1./s1. The van der Waals surface area contributed by atoms with Gasteiger partial charge in [-0.05, 0) is 37.7 Å². The number of hydrogen-bond acceptors (Lipinski definition) is 6. The van der Waals surface area contributed by atoms with Gasteiger partial charge in [0, 0.05) is 12.5 Å². The molecule has 1 aliphatic rings. The van der Waals surface area contributed by atoms with Gasteiger partial charge >= 0.3 is 0 Å². The lowest BCUT2D eigenvalue weighted by molar-refractivity contribution is -0.122. The Bertz CT molecular complexity index is 967. The minimum absolute atomic E-state index is 0. The zero-order valence-electron chi connectivity index (χ0n) is 17.0. The largest absolute Gasteiger partial charge is 0.361 e. The third-order valence-corrected chi connectivity index (χ3v) is 4.98. The number of aryl methyl sites for hydroxylation is 1. The van der Waals surface area contributed by atoms with Gasteiger partial charge in [-0.1, -0.05) is 35.5 Å². The lowest BCUT2D eigenvalue weighted by Gasteiger charge is -2.13. The van der Waals surface area contributed by atoms with Crippen molar-refractivity contribution in [1.29, 1.82) is 0 Å². The number of nitrogens with zero attached hydrogens (tertiary/aromatic N) is 4. The predicted molar refractivity (Wildman–Crippen MR) is 114 cm³/mol. The highest BCUT2D eigenvalue weighted by atomic mass is 35.5. The number of rotatable bonds is 9. The number of nitrogens with one attached hydrogen (secondary N) is 1. The normalized spacial score (nSPS) is 14.2. The highest BCUT2D eigenvalue weighted by Crippen LogP contribution is 2.32. The first-order valence-corrected chi connectivity index (χ1v) is 9.99. The van der Waals surface area contributed by atoms with E-state index in [0.717, 1.165) is 17.8 Å². The summed E-state index contributed by atoms with van der Waals surface area (Å²) in [5, 5.41) is 11.3. The van der Waals surface area contributed by atoms with E-state index in [0.29, 0.717) is 36.2 Å². The maximum absolute atomic E-state index is 12.5. The van der Waals surface area contributed by atoms with Crippen LogP contribution in [0.4, 0.5) is 0 Å². The monoisotopic (exact) mass is 430 g/mol. The smallest absolute Gasteiger partial charge is 0.242 e. The average molecular weight is 431 g/mol. The Kier molecular flexibility index (Phi) is 7.23. The molecule has 160 valence electrons. The second-order valence-electron chi connectivity index (χ2n) is 7.69. The zero-order chi connectivity index (χ0) is 20.2. The van der Waals surface area contributed by atoms with Crippen molar-refractivity contribution in [1.82, 2.24) is 25.2 Å². The molecular formula is C21H27ClN6O2. The van der Waals surface area contributed by atoms with Gasteiger partial charge in [0.25, 0.3) is 0 Å². The number of carbonyl (C=O) groups is 1. The number of hydrogen-bond donors (Lipinski definition) is 2. The Morgan fingerprint density at radius 1 is 1.33 bits per heavy atom. The van der Waals surface area contributed by atoms with Crippen LogP contribution in [0.25, 0.3) is 0 Å². The Balaban J connectivity index is 0.00000256. The molecule has 1 atom stereocenters. The van der Waals surface area contributed by atoms with Crippen LogP contribution in [0.5, 0.6) is 0 Å². The molecule has 0 saturated heterocycles. The molecule has 0 spiro atoms. The van der Waals surface area contributed by atoms with Crippen LogP contribution in [0.1, 0.15) is 47.5 Å². The quantitative estimate of drug-likeness (QED) is 0.539. The summed E-state index contributed by atoms with van der Waals surface area (Å²) in [5.41, 5.74) is 8.27. The van der Waals surface area contributed by atoms with Crippen LogP contribution in [0.3, 0.4) is 0 Å². The highest BCUT2D eigenvalue weighted by molar-refractivity contribution is 5.85. The molecule has 2 aromatic heterocycles. The van der Waals surface area contributed by atoms with Crippen LogP contribution in [0.15, 0.2) is 40.9 Å². The summed E-state index contributed by atoms with van der Waals surface area (Å²) in [6, 6.07) is 11.5. The number of nitrogens with two attached hydrogens (primary N) is 1. The predicted octanol–water partition coefficient (Wildman–Crippen LogP) is 2.51. The topological polar surface area (TPSA) is 112 Å². The minimum atomic E-state index is -0.330. The molecule has 0 radical (unpaired) electrons. The molecular weight excluding hydrogens is 404 g/mol. The van der Waals surface area contributed by atoms with E-state index < -0.39 is 0 Å². The van der Waals surface area contributed by atoms with Crippen molar-refractivity contribution in [3.63, 3.8) is 0 Å². The van der Waals surface area contributed by atoms with Crippen molar-refractivity contribution in [3.8, 4) is 0 Å². The van der Waals surface area contributed by atoms with Gasteiger partial charge in [0.2, 0.25) is 5.91 Å². The summed E-state index contributed by atoms with van der Waals surface area (Å²) in [6.45, 7) is 2.20. The highest BCUT2D eigenvalue weighted by Gasteiger charge is 2.26. The van der Waals surface area contributed by atoms with Gasteiger partial charge in [-0.3, -0.25) is 4.79 Å². The third-order valence-electron chi connectivity index (χ3n) is 4.98. The molecule has 1 amide bonds. The molecule has 1 aliphatic carbocycles. The molecule has 1 saturated carbocycles. The van der Waals surface area contributed by atoms with Crippen molar-refractivity contribution >= 4 is 18.3 Å². The summed E-state index contributed by atoms with van der Waals surface area (Å²) in [5.74, 6) is 2.63. The van der Waals surface area contributed by atoms with Crippen LogP contribution in [-0.4, -0.2) is 25.8 Å². The molecule has 0 aliphatic heterocycles. The molecule has 1 aromatic carbocycles. The van der Waals surface area contributed by atoms with Gasteiger partial charge in [-0.2, -0.15) is 5.10 Å². The van der Waals surface area contributed by atoms with Crippen LogP contribution in [0.2, 0.25) is 0 Å². The van der Waals surface area contributed by atoms with Crippen molar-refractivity contribution in [2.24, 2.45) is 11.7 Å². The number of halogens is 1. The molecule has 3 aromatic rings. The molecule has 8 nitrogen and oxygen atoms in total. The summed E-state index contributed by atoms with van der Waals surface area (Å²) in [6.07, 6.45) is 3.93. The molecule has 0 bridgehead atoms. The van der Waals surface area contributed by atoms with Crippen molar-refractivity contribution in [2.45, 2.75) is 51.7 Å². The lowest BCUT2D eigenvalue weighted by Crippen LogP contribution is -2.30. The van der Waals surface area contributed by atoms with Gasteiger partial charge in [-0.25, -0.2) is 9.67 Å². The van der Waals surface area contributed by atoms with E-state index in [1.807, 2.05) is 37.3 Å². The fourth-order valence-electron chi connectivity index (χ4n) is 3.30. The second-order valence-corrected chi connectivity index (χ2v) is 7.69. The summed E-state index contributed by atoms with van der Waals surface area (Å²) in [4.78, 5) is 17.2. The summed E-state index contributed by atoms with van der Waals surface area (Å²) >= 11 is 0. The van der Waals surface area contributed by atoms with Gasteiger partial charge in [0.1, 0.15) is 23.8 Å². The van der Waals surface area contributed by atoms with Crippen molar-refractivity contribution in [2.75, 3.05) is 0 Å². The van der Waals surface area contributed by atoms with Gasteiger partial charge in [0.15, 0.2) is 5.82 Å². The maximum Gasteiger partial charge on any atom is 0.242 e. The Morgan fingerprint density at radius 3 is 2.77 bits per heavy atom. The molecule has 1 fully saturated rings. The lowest BCUT2D eigenvalue weighted by atomic mass is 10.1. The van der Waals surface area contributed by atoms with Crippen molar-refractivity contribution in [3.05, 3.63) is 65.1 Å². The van der Waals surface area contributed by atoms with E-state index in [1.165, 1.54) is 12.8 Å². The molecule has 4 rings (SSSR count). The zero-order valence-corrected chi connectivity index (χ0v) is 17.8. The molecule has 30 heavy (non-hydrogen) atoms. The molecule has 3 N–H and O–H groups in total. The van der Waals surface area contributed by atoms with E-state index in [9.17, 15) is 4.79 Å². The first-order chi connectivity index (χ1) is 14.1. The van der Waals surface area contributed by atoms with Crippen molar-refractivity contribution < 1.29 is 9.32 Å². The minimum Gasteiger partial charge on any atom is -0.361 e. The Hall–Kier alpha value is -2.71. The summed E-state index contributed by atoms with van der Waals surface area (Å²) < 4.78 is 6.67. The number of benzene rings is 1. The second kappa shape index (κ2) is 9.86. The van der Waals surface area contributed by atoms with E-state index in [1.54, 1.807) is 10.7 Å². The SMILES string of the molecule is Cc1cc(CNC(=O)Cn2nc(CC3CC3)nc2[C@H](N)Cc2ccccc2)no1.Cl. The van der Waals surface area contributed by atoms with Gasteiger partial charge in [0.05, 0.1) is 12.6 Å². The number of carbonyl (C=O) groups excluding carboxylic acids is 1. The Morgan fingerprint density at radius 2 is 2.10 bits per heavy atom. The van der Waals surface area contributed by atoms with Gasteiger partial charge in [-0.15, -0.1) is 12.4 Å². The average Bonchev–Trinajstić information content (AvgIpc) is 3.28. The fraction of sp³-hybridized carbons (Fsp3) is 0.429. The van der Waals surface area contributed by atoms with Crippen LogP contribution < -0.4 is 11.1 Å². The van der Waals surface area contributed by atoms with Crippen LogP contribution >= 0.6 is 12.4 Å². The third kappa shape index (κ3) is 5.90. The van der Waals surface area contributed by atoms with Crippen LogP contribution in [0, 0.1) is 12.8 Å². The maximum atomic E-state index is 12.5. The van der Waals surface area contributed by atoms with E-state index >= 15 is 0 Å². The molecule has 0 unspecified atom stereocenters. The van der Waals surface area contributed by atoms with E-state index in [2.05, 4.69) is 20.6 Å². The fourth-order valence-corrected chi connectivity index (χ4v) is 3.30. The first kappa shape index (κ1) is 22.0. The van der Waals surface area contributed by atoms with E-state index in [4.69, 9.17) is 10.3 Å². The molecule has 9 heteroatoms. The summed E-state index contributed by atoms with van der Waals surface area (Å²) in [7, 11) is 0. The Labute approximate surface area is 181 Å².